The second-order valence-corrected chi connectivity index (χ2v) is 15.9. The monoisotopic (exact) mass is 820 g/mol. The van der Waals surface area contributed by atoms with Gasteiger partial charge in [0.05, 0.1) is 35.1 Å². The predicted octanol–water partition coefficient (Wildman–Crippen LogP) is 8.51. The molecule has 6 rings (SSSR count). The van der Waals surface area contributed by atoms with Gasteiger partial charge in [0.1, 0.15) is 22.1 Å². The number of amides is 2. The number of benzene rings is 1. The highest BCUT2D eigenvalue weighted by Crippen LogP contribution is 2.50. The number of carbonyl (C=O) groups is 3. The van der Waals surface area contributed by atoms with Crippen LogP contribution in [0.25, 0.3) is 0 Å². The molecular weight excluding hydrogens is 779 g/mol. The van der Waals surface area contributed by atoms with Gasteiger partial charge in [-0.05, 0) is 69.6 Å². The van der Waals surface area contributed by atoms with Crippen molar-refractivity contribution in [1.82, 2.24) is 14.8 Å². The number of aliphatic carboxylic acids is 1. The van der Waals surface area contributed by atoms with E-state index in [2.05, 4.69) is 11.1 Å². The molecule has 1 aliphatic carbocycles. The quantitative estimate of drug-likeness (QED) is 0.134. The number of carboxylic acid groups (broad SMARTS) is 1. The summed E-state index contributed by atoms with van der Waals surface area (Å²) in [7, 11) is 0. The second-order valence-electron chi connectivity index (χ2n) is 15.0. The SMILES string of the molecule is CCC[C@H]1N(C(=O)c2ncccc2C(F)(F)F)CCC[C@@]1(Oc1csc(C(F)(F)F)c1)C(=O)N1CCC(C#N)(c2ccccc2OCCCC2(C(=O)O)CC2)CC1. The summed E-state index contributed by atoms with van der Waals surface area (Å²) in [5.74, 6) is -2.38. The molecule has 1 N–H and O–H groups in total. The maximum atomic E-state index is 15.0. The van der Waals surface area contributed by atoms with Crippen LogP contribution in [-0.2, 0) is 27.4 Å². The molecule has 3 aromatic rings. The molecule has 0 radical (unpaired) electrons. The Kier molecular flexibility index (Phi) is 11.9. The molecule has 1 saturated carbocycles. The Morgan fingerprint density at radius 1 is 1.00 bits per heavy atom. The summed E-state index contributed by atoms with van der Waals surface area (Å²) in [5, 5.41) is 21.3. The van der Waals surface area contributed by atoms with Crippen LogP contribution in [0.2, 0.25) is 0 Å². The fourth-order valence-electron chi connectivity index (χ4n) is 8.18. The highest BCUT2D eigenvalue weighted by atomic mass is 32.1. The lowest BCUT2D eigenvalue weighted by Crippen LogP contribution is -2.68. The number of hydrogen-bond donors (Lipinski definition) is 1. The Bertz CT molecular complexity index is 2000. The molecule has 2 amide bonds. The Balaban J connectivity index is 1.29. The number of pyridine rings is 1. The molecule has 17 heteroatoms. The Morgan fingerprint density at radius 2 is 1.72 bits per heavy atom. The number of aromatic nitrogens is 1. The second kappa shape index (κ2) is 16.2. The summed E-state index contributed by atoms with van der Waals surface area (Å²) in [6.45, 7) is 1.94. The molecule has 4 heterocycles. The minimum atomic E-state index is -4.92. The van der Waals surface area contributed by atoms with E-state index >= 15 is 4.79 Å². The molecule has 2 aliphatic heterocycles. The number of hydrogen-bond acceptors (Lipinski definition) is 8. The number of nitriles is 1. The number of piperidine rings is 2. The number of likely N-dealkylation sites (tertiary alicyclic amines) is 2. The average molecular weight is 821 g/mol. The van der Waals surface area contributed by atoms with Crippen molar-refractivity contribution in [2.75, 3.05) is 26.2 Å². The topological polar surface area (TPSA) is 133 Å². The Hall–Kier alpha value is -4.85. The molecule has 306 valence electrons. The molecule has 3 fully saturated rings. The Labute approximate surface area is 329 Å². The number of alkyl halides is 6. The normalized spacial score (nSPS) is 21.7. The lowest BCUT2D eigenvalue weighted by molar-refractivity contribution is -0.160. The lowest BCUT2D eigenvalue weighted by Gasteiger charge is -2.51. The molecule has 0 spiro atoms. The van der Waals surface area contributed by atoms with Crippen molar-refractivity contribution in [3.8, 4) is 17.6 Å². The van der Waals surface area contributed by atoms with Crippen LogP contribution in [0.15, 0.2) is 54.0 Å². The van der Waals surface area contributed by atoms with Crippen molar-refractivity contribution in [3.63, 3.8) is 0 Å². The first-order chi connectivity index (χ1) is 27.0. The molecule has 2 aromatic heterocycles. The van der Waals surface area contributed by atoms with E-state index in [1.165, 1.54) is 4.90 Å². The molecule has 2 atom stereocenters. The van der Waals surface area contributed by atoms with Crippen LogP contribution in [-0.4, -0.2) is 75.6 Å². The lowest BCUT2D eigenvalue weighted by atomic mass is 9.72. The van der Waals surface area contributed by atoms with E-state index in [1.807, 2.05) is 0 Å². The average Bonchev–Trinajstić information content (AvgIpc) is 3.84. The van der Waals surface area contributed by atoms with Crippen molar-refractivity contribution < 1.29 is 55.3 Å². The smallest absolute Gasteiger partial charge is 0.425 e. The van der Waals surface area contributed by atoms with Crippen LogP contribution < -0.4 is 9.47 Å². The van der Waals surface area contributed by atoms with Crippen molar-refractivity contribution in [1.29, 1.82) is 5.26 Å². The van der Waals surface area contributed by atoms with Gasteiger partial charge in [-0.2, -0.15) is 31.6 Å². The number of ether oxygens (including phenoxy) is 2. The summed E-state index contributed by atoms with van der Waals surface area (Å²) in [5.41, 5.74) is -5.34. The number of carboxylic acids is 1. The van der Waals surface area contributed by atoms with Gasteiger partial charge in [0.15, 0.2) is 0 Å². The first-order valence-corrected chi connectivity index (χ1v) is 19.7. The zero-order valence-corrected chi connectivity index (χ0v) is 31.9. The van der Waals surface area contributed by atoms with Crippen molar-refractivity contribution >= 4 is 29.1 Å². The minimum absolute atomic E-state index is 0.00958. The van der Waals surface area contributed by atoms with E-state index in [4.69, 9.17) is 9.47 Å². The zero-order chi connectivity index (χ0) is 41.2. The zero-order valence-electron chi connectivity index (χ0n) is 31.1. The van der Waals surface area contributed by atoms with E-state index in [0.29, 0.717) is 54.8 Å². The molecule has 57 heavy (non-hydrogen) atoms. The van der Waals surface area contributed by atoms with Crippen molar-refractivity contribution in [2.24, 2.45) is 5.41 Å². The molecular formula is C40H42F6N4O6S. The van der Waals surface area contributed by atoms with Crippen LogP contribution >= 0.6 is 11.3 Å². The van der Waals surface area contributed by atoms with E-state index in [9.17, 15) is 46.3 Å². The number of carbonyl (C=O) groups excluding carboxylic acids is 2. The number of thiophene rings is 1. The molecule has 10 nitrogen and oxygen atoms in total. The molecule has 0 unspecified atom stereocenters. The molecule has 3 aliphatic rings. The van der Waals surface area contributed by atoms with Gasteiger partial charge >= 0.3 is 18.3 Å². The van der Waals surface area contributed by atoms with Crippen LogP contribution in [0, 0.1) is 16.7 Å². The van der Waals surface area contributed by atoms with Gasteiger partial charge in [-0.25, -0.2) is 0 Å². The van der Waals surface area contributed by atoms with Crippen LogP contribution in [0.5, 0.6) is 11.5 Å². The summed E-state index contributed by atoms with van der Waals surface area (Å²) in [4.78, 5) is 46.1. The van der Waals surface area contributed by atoms with Crippen LogP contribution in [0.4, 0.5) is 26.3 Å². The van der Waals surface area contributed by atoms with Gasteiger partial charge in [-0.15, -0.1) is 11.3 Å². The fraction of sp³-hybridized carbons (Fsp3) is 0.525. The van der Waals surface area contributed by atoms with Gasteiger partial charge in [0, 0.05) is 49.3 Å². The van der Waals surface area contributed by atoms with Crippen molar-refractivity contribution in [3.05, 3.63) is 75.7 Å². The fourth-order valence-corrected chi connectivity index (χ4v) is 8.86. The van der Waals surface area contributed by atoms with Gasteiger partial charge in [-0.3, -0.25) is 19.4 Å². The van der Waals surface area contributed by atoms with Gasteiger partial charge in [0.25, 0.3) is 11.8 Å². The van der Waals surface area contributed by atoms with E-state index in [-0.39, 0.29) is 64.1 Å². The largest absolute Gasteiger partial charge is 0.493 e. The molecule has 1 aromatic carbocycles. The Morgan fingerprint density at radius 3 is 2.33 bits per heavy atom. The van der Waals surface area contributed by atoms with Crippen LogP contribution in [0.1, 0.15) is 97.6 Å². The van der Waals surface area contributed by atoms with E-state index in [1.54, 1.807) is 31.2 Å². The number of para-hydroxylation sites is 1. The number of nitrogens with zero attached hydrogens (tertiary/aromatic N) is 4. The predicted molar refractivity (Wildman–Crippen MR) is 194 cm³/mol. The number of halogens is 6. The third-order valence-electron chi connectivity index (χ3n) is 11.4. The van der Waals surface area contributed by atoms with Gasteiger partial charge in [0.2, 0.25) is 5.60 Å². The minimum Gasteiger partial charge on any atom is -0.493 e. The first kappa shape index (κ1) is 41.8. The van der Waals surface area contributed by atoms with E-state index in [0.717, 1.165) is 34.7 Å². The standard InChI is InChI=1S/C40H42F6N4O6S/c1-2-8-30-38(56-26-23-31(57-24-26)40(44,45)46,13-6-19-50(30)33(51)32-28(39(41,42)43)10-5-18-48-32)34(52)49-20-16-37(25-47,17-21-49)27-9-3-4-11-29(27)55-22-7-12-36(14-15-36)35(53)54/h3-5,9-11,18,23-24,30H,2,6-8,12-17,19-22H2,1H3,(H,53,54)/t30-,38+/m1/s1. The summed E-state index contributed by atoms with van der Waals surface area (Å²) >= 11 is 0.364. The van der Waals surface area contributed by atoms with Crippen LogP contribution in [0.3, 0.4) is 0 Å². The van der Waals surface area contributed by atoms with E-state index < -0.39 is 68.7 Å². The highest BCUT2D eigenvalue weighted by Gasteiger charge is 2.57. The highest BCUT2D eigenvalue weighted by molar-refractivity contribution is 7.10. The summed E-state index contributed by atoms with van der Waals surface area (Å²) < 4.78 is 95.9. The van der Waals surface area contributed by atoms with Gasteiger partial charge < -0.3 is 24.4 Å². The summed E-state index contributed by atoms with van der Waals surface area (Å²) in [6.07, 6.45) is -5.67. The van der Waals surface area contributed by atoms with Gasteiger partial charge in [-0.1, -0.05) is 31.5 Å². The first-order valence-electron chi connectivity index (χ1n) is 18.8. The third kappa shape index (κ3) is 8.42. The maximum Gasteiger partial charge on any atom is 0.425 e. The molecule has 0 bridgehead atoms. The summed E-state index contributed by atoms with van der Waals surface area (Å²) in [6, 6.07) is 10.8. The molecule has 2 saturated heterocycles. The maximum absolute atomic E-state index is 15.0. The number of rotatable bonds is 13. The third-order valence-corrected chi connectivity index (χ3v) is 12.4. The van der Waals surface area contributed by atoms with Crippen molar-refractivity contribution in [2.45, 2.75) is 101 Å².